The maximum absolute atomic E-state index is 13.1. The molecule has 0 saturated carbocycles. The molecule has 0 aliphatic rings. The van der Waals surface area contributed by atoms with Gasteiger partial charge in [0, 0.05) is 6.54 Å². The number of amides is 1. The van der Waals surface area contributed by atoms with Crippen LogP contribution in [0.5, 0.6) is 0 Å². The van der Waals surface area contributed by atoms with Crippen molar-refractivity contribution >= 4 is 11.9 Å². The highest BCUT2D eigenvalue weighted by Gasteiger charge is 2.36. The van der Waals surface area contributed by atoms with Gasteiger partial charge in [0.2, 0.25) is 5.91 Å². The molecule has 20 heavy (non-hydrogen) atoms. The summed E-state index contributed by atoms with van der Waals surface area (Å²) in [4.78, 5) is 24.5. The number of benzene rings is 1. The summed E-state index contributed by atoms with van der Waals surface area (Å²) in [5, 5.41) is 9.13. The second-order valence-electron chi connectivity index (χ2n) is 4.93. The van der Waals surface area contributed by atoms with E-state index in [9.17, 15) is 18.4 Å². The van der Waals surface area contributed by atoms with E-state index < -0.39 is 29.0 Å². The largest absolute Gasteiger partial charge is 0.480 e. The maximum atomic E-state index is 13.1. The summed E-state index contributed by atoms with van der Waals surface area (Å²) >= 11 is 0. The number of likely N-dealkylation sites (N-methyl/N-ethyl adjacent to an activating group) is 1. The van der Waals surface area contributed by atoms with Crippen LogP contribution in [0.15, 0.2) is 18.2 Å². The quantitative estimate of drug-likeness (QED) is 0.902. The van der Waals surface area contributed by atoms with Crippen molar-refractivity contribution in [3.63, 3.8) is 0 Å². The van der Waals surface area contributed by atoms with Gasteiger partial charge in [0.1, 0.15) is 5.54 Å². The first-order chi connectivity index (χ1) is 9.20. The Morgan fingerprint density at radius 3 is 2.30 bits per heavy atom. The molecular weight excluding hydrogens is 268 g/mol. The molecule has 0 radical (unpaired) electrons. The number of hydrogen-bond donors (Lipinski definition) is 1. The fraction of sp³-hybridized carbons (Fsp3) is 0.429. The van der Waals surface area contributed by atoms with Crippen LogP contribution in [0.25, 0.3) is 0 Å². The smallest absolute Gasteiger partial charge is 0.329 e. The van der Waals surface area contributed by atoms with Crippen LogP contribution in [-0.4, -0.2) is 34.0 Å². The average Bonchev–Trinajstić information content (AvgIpc) is 2.34. The molecule has 4 nitrogen and oxygen atoms in total. The first-order valence-electron chi connectivity index (χ1n) is 6.18. The SMILES string of the molecule is CCN(C(=O)Cc1ccc(F)c(F)c1)C(C)(C)C(=O)O. The fourth-order valence-corrected chi connectivity index (χ4v) is 1.92. The van der Waals surface area contributed by atoms with E-state index in [0.717, 1.165) is 12.1 Å². The number of nitrogens with zero attached hydrogens (tertiary/aromatic N) is 1. The lowest BCUT2D eigenvalue weighted by atomic mass is 10.0. The first kappa shape index (κ1) is 16.1. The van der Waals surface area contributed by atoms with Gasteiger partial charge in [-0.15, -0.1) is 0 Å². The van der Waals surface area contributed by atoms with E-state index in [1.165, 1.54) is 24.8 Å². The molecule has 0 unspecified atom stereocenters. The molecule has 0 atom stereocenters. The lowest BCUT2D eigenvalue weighted by Crippen LogP contribution is -2.53. The molecule has 1 aromatic carbocycles. The van der Waals surface area contributed by atoms with Crippen molar-refractivity contribution in [2.75, 3.05) is 6.54 Å². The molecule has 0 spiro atoms. The Bertz CT molecular complexity index is 529. The van der Waals surface area contributed by atoms with Gasteiger partial charge in [0.25, 0.3) is 0 Å². The van der Waals surface area contributed by atoms with Crippen molar-refractivity contribution in [3.8, 4) is 0 Å². The number of rotatable bonds is 5. The highest BCUT2D eigenvalue weighted by atomic mass is 19.2. The Morgan fingerprint density at radius 2 is 1.85 bits per heavy atom. The third kappa shape index (κ3) is 3.31. The van der Waals surface area contributed by atoms with Gasteiger partial charge in [-0.3, -0.25) is 4.79 Å². The molecule has 0 saturated heterocycles. The molecule has 6 heteroatoms. The van der Waals surface area contributed by atoms with Crippen molar-refractivity contribution in [2.45, 2.75) is 32.7 Å². The Hall–Kier alpha value is -1.98. The summed E-state index contributed by atoms with van der Waals surface area (Å²) in [6.07, 6.45) is -0.179. The fourth-order valence-electron chi connectivity index (χ4n) is 1.92. The number of carbonyl (C=O) groups is 2. The second-order valence-corrected chi connectivity index (χ2v) is 4.93. The molecule has 0 bridgehead atoms. The molecule has 1 N–H and O–H groups in total. The minimum absolute atomic E-state index is 0.179. The van der Waals surface area contributed by atoms with Gasteiger partial charge in [-0.25, -0.2) is 13.6 Å². The van der Waals surface area contributed by atoms with Crippen LogP contribution in [0.2, 0.25) is 0 Å². The molecule has 0 aliphatic heterocycles. The van der Waals surface area contributed by atoms with E-state index in [-0.39, 0.29) is 13.0 Å². The standard InChI is InChI=1S/C14H17F2NO3/c1-4-17(14(2,3)13(19)20)12(18)8-9-5-6-10(15)11(16)7-9/h5-7H,4,8H2,1-3H3,(H,19,20). The number of carboxylic acid groups (broad SMARTS) is 1. The topological polar surface area (TPSA) is 57.6 Å². The average molecular weight is 285 g/mol. The van der Waals surface area contributed by atoms with Gasteiger partial charge in [-0.1, -0.05) is 6.07 Å². The summed E-state index contributed by atoms with van der Waals surface area (Å²) < 4.78 is 25.9. The lowest BCUT2D eigenvalue weighted by molar-refractivity contribution is -0.156. The van der Waals surface area contributed by atoms with E-state index >= 15 is 0 Å². The van der Waals surface area contributed by atoms with Crippen molar-refractivity contribution in [3.05, 3.63) is 35.4 Å². The molecule has 1 rings (SSSR count). The van der Waals surface area contributed by atoms with Gasteiger partial charge in [0.15, 0.2) is 11.6 Å². The van der Waals surface area contributed by atoms with Gasteiger partial charge < -0.3 is 10.0 Å². The number of hydrogen-bond acceptors (Lipinski definition) is 2. The zero-order valence-electron chi connectivity index (χ0n) is 11.6. The summed E-state index contributed by atoms with van der Waals surface area (Å²) in [6, 6.07) is 3.18. The second kappa shape index (κ2) is 5.98. The molecule has 0 aromatic heterocycles. The van der Waals surface area contributed by atoms with Gasteiger partial charge >= 0.3 is 5.97 Å². The van der Waals surface area contributed by atoms with Crippen LogP contribution < -0.4 is 0 Å². The van der Waals surface area contributed by atoms with Crippen molar-refractivity contribution < 1.29 is 23.5 Å². The molecule has 0 aliphatic carbocycles. The Kier molecular flexibility index (Phi) is 4.81. The van der Waals surface area contributed by atoms with Crippen LogP contribution >= 0.6 is 0 Å². The van der Waals surface area contributed by atoms with Crippen molar-refractivity contribution in [1.29, 1.82) is 0 Å². The van der Waals surface area contributed by atoms with Crippen LogP contribution in [0.3, 0.4) is 0 Å². The molecule has 0 heterocycles. The van der Waals surface area contributed by atoms with Crippen LogP contribution in [0, 0.1) is 11.6 Å². The van der Waals surface area contributed by atoms with Gasteiger partial charge in [-0.05, 0) is 38.5 Å². The monoisotopic (exact) mass is 285 g/mol. The third-order valence-corrected chi connectivity index (χ3v) is 3.15. The van der Waals surface area contributed by atoms with E-state index in [4.69, 9.17) is 5.11 Å². The predicted molar refractivity (Wildman–Crippen MR) is 69.2 cm³/mol. The molecule has 110 valence electrons. The molecular formula is C14H17F2NO3. The summed E-state index contributed by atoms with van der Waals surface area (Å²) in [5.74, 6) is -3.60. The zero-order valence-corrected chi connectivity index (χ0v) is 11.6. The van der Waals surface area contributed by atoms with Gasteiger partial charge in [-0.2, -0.15) is 0 Å². The number of carbonyl (C=O) groups excluding carboxylic acids is 1. The maximum Gasteiger partial charge on any atom is 0.329 e. The van der Waals surface area contributed by atoms with Crippen LogP contribution in [0.1, 0.15) is 26.3 Å². The molecule has 0 fully saturated rings. The highest BCUT2D eigenvalue weighted by Crippen LogP contribution is 2.17. The first-order valence-corrected chi connectivity index (χ1v) is 6.18. The molecule has 1 amide bonds. The van der Waals surface area contributed by atoms with Crippen LogP contribution in [-0.2, 0) is 16.0 Å². The van der Waals surface area contributed by atoms with Crippen molar-refractivity contribution in [1.82, 2.24) is 4.90 Å². The Morgan fingerprint density at radius 1 is 1.25 bits per heavy atom. The minimum atomic E-state index is -1.36. The third-order valence-electron chi connectivity index (χ3n) is 3.15. The van der Waals surface area contributed by atoms with E-state index in [1.54, 1.807) is 6.92 Å². The van der Waals surface area contributed by atoms with E-state index in [0.29, 0.717) is 5.56 Å². The number of carboxylic acids is 1. The minimum Gasteiger partial charge on any atom is -0.480 e. The lowest BCUT2D eigenvalue weighted by Gasteiger charge is -2.34. The number of aliphatic carboxylic acids is 1. The summed E-state index contributed by atoms with van der Waals surface area (Å²) in [7, 11) is 0. The normalized spacial score (nSPS) is 11.2. The highest BCUT2D eigenvalue weighted by molar-refractivity contribution is 5.87. The van der Waals surface area contributed by atoms with Crippen molar-refractivity contribution in [2.24, 2.45) is 0 Å². The Balaban J connectivity index is 2.93. The van der Waals surface area contributed by atoms with Gasteiger partial charge in [0.05, 0.1) is 6.42 Å². The summed E-state index contributed by atoms with van der Waals surface area (Å²) in [5.41, 5.74) is -1.06. The van der Waals surface area contributed by atoms with E-state index in [1.807, 2.05) is 0 Å². The van der Waals surface area contributed by atoms with E-state index in [2.05, 4.69) is 0 Å². The van der Waals surface area contributed by atoms with Crippen LogP contribution in [0.4, 0.5) is 8.78 Å². The number of halogens is 2. The predicted octanol–water partition coefficient (Wildman–Crippen LogP) is 2.22. The summed E-state index contributed by atoms with van der Waals surface area (Å²) in [6.45, 7) is 4.71. The zero-order chi connectivity index (χ0) is 15.5. The molecule has 1 aromatic rings. The Labute approximate surface area is 116 Å².